The molecular formula is C29H34IO5P. The topological polar surface area (TPSA) is 65.0 Å². The standard InChI is InChI=1S/C29H34IO5P/c1-18(2)25-14-22(16-27(30)29(25)31)15-26-20(4)12-24(13-21(26)5)33-17-36(32)34-10-9-28(35-36)23-8-6-7-19(3)11-23/h6-8,11-14,16,18,28,31H,9-10,15,17H2,1-5H3/t28-,36+/m0/s1. The van der Waals surface area contributed by atoms with Gasteiger partial charge < -0.3 is 14.4 Å². The van der Waals surface area contributed by atoms with Crippen molar-refractivity contribution < 1.29 is 23.5 Å². The third-order valence-corrected chi connectivity index (χ3v) is 9.00. The summed E-state index contributed by atoms with van der Waals surface area (Å²) in [5.41, 5.74) is 7.70. The lowest BCUT2D eigenvalue weighted by Crippen LogP contribution is -2.17. The maximum absolute atomic E-state index is 13.3. The predicted octanol–water partition coefficient (Wildman–Crippen LogP) is 8.34. The summed E-state index contributed by atoms with van der Waals surface area (Å²) in [6, 6.07) is 16.2. The first-order chi connectivity index (χ1) is 17.0. The van der Waals surface area contributed by atoms with Crippen molar-refractivity contribution in [2.24, 2.45) is 0 Å². The first-order valence-corrected chi connectivity index (χ1v) is 15.1. The Morgan fingerprint density at radius 2 is 1.83 bits per heavy atom. The largest absolute Gasteiger partial charge is 0.507 e. The SMILES string of the molecule is Cc1cccc([C@@H]2CCO[P@](=O)(COc3cc(C)c(Cc4cc(I)c(O)c(C(C)C)c4)c(C)c3)O2)c1. The summed E-state index contributed by atoms with van der Waals surface area (Å²) in [5.74, 6) is 1.27. The maximum Gasteiger partial charge on any atom is 0.368 e. The molecule has 2 atom stereocenters. The van der Waals surface area contributed by atoms with Crippen LogP contribution in [0.2, 0.25) is 0 Å². The third kappa shape index (κ3) is 6.34. The Bertz CT molecular complexity index is 1280. The van der Waals surface area contributed by atoms with Crippen molar-refractivity contribution in [1.82, 2.24) is 0 Å². The molecule has 0 amide bonds. The van der Waals surface area contributed by atoms with Crippen LogP contribution in [0.15, 0.2) is 48.5 Å². The van der Waals surface area contributed by atoms with Gasteiger partial charge in [-0.3, -0.25) is 9.09 Å². The summed E-state index contributed by atoms with van der Waals surface area (Å²) in [4.78, 5) is 0. The van der Waals surface area contributed by atoms with Crippen LogP contribution < -0.4 is 4.74 Å². The van der Waals surface area contributed by atoms with E-state index in [1.165, 1.54) is 5.56 Å². The molecule has 3 aromatic rings. The molecule has 1 fully saturated rings. The number of aryl methyl sites for hydroxylation is 3. The van der Waals surface area contributed by atoms with Crippen LogP contribution >= 0.6 is 30.2 Å². The van der Waals surface area contributed by atoms with Gasteiger partial charge >= 0.3 is 7.60 Å². The van der Waals surface area contributed by atoms with Crippen molar-refractivity contribution in [2.75, 3.05) is 13.0 Å². The molecule has 1 aliphatic heterocycles. The average molecular weight is 620 g/mol. The van der Waals surface area contributed by atoms with Crippen molar-refractivity contribution in [1.29, 1.82) is 0 Å². The Balaban J connectivity index is 1.47. The number of hydrogen-bond acceptors (Lipinski definition) is 5. The van der Waals surface area contributed by atoms with E-state index in [9.17, 15) is 9.67 Å². The van der Waals surface area contributed by atoms with Gasteiger partial charge in [0.2, 0.25) is 0 Å². The fourth-order valence-electron chi connectivity index (χ4n) is 4.64. The Morgan fingerprint density at radius 3 is 2.50 bits per heavy atom. The number of rotatable bonds is 7. The van der Waals surface area contributed by atoms with Crippen LogP contribution in [0.25, 0.3) is 0 Å². The van der Waals surface area contributed by atoms with Crippen LogP contribution in [0.4, 0.5) is 0 Å². The molecule has 7 heteroatoms. The molecule has 0 radical (unpaired) electrons. The molecule has 0 unspecified atom stereocenters. The number of ether oxygens (including phenoxy) is 1. The maximum atomic E-state index is 13.3. The molecule has 36 heavy (non-hydrogen) atoms. The number of benzene rings is 3. The molecular weight excluding hydrogens is 586 g/mol. The highest BCUT2D eigenvalue weighted by Gasteiger charge is 2.35. The Hall–Kier alpha value is -1.86. The summed E-state index contributed by atoms with van der Waals surface area (Å²) < 4.78 is 31.6. The number of hydrogen-bond donors (Lipinski definition) is 1. The molecule has 0 aliphatic carbocycles. The van der Waals surface area contributed by atoms with E-state index in [1.54, 1.807) is 0 Å². The lowest BCUT2D eigenvalue weighted by atomic mass is 9.93. The molecule has 1 saturated heterocycles. The van der Waals surface area contributed by atoms with E-state index in [4.69, 9.17) is 13.8 Å². The number of phenols is 1. The predicted molar refractivity (Wildman–Crippen MR) is 152 cm³/mol. The van der Waals surface area contributed by atoms with E-state index in [2.05, 4.69) is 62.4 Å². The summed E-state index contributed by atoms with van der Waals surface area (Å²) in [7, 11) is -3.38. The third-order valence-electron chi connectivity index (χ3n) is 6.58. The Kier molecular flexibility index (Phi) is 8.50. The second kappa shape index (κ2) is 11.3. The fraction of sp³-hybridized carbons (Fsp3) is 0.379. The number of phenolic OH excluding ortho intramolecular Hbond substituents is 1. The number of aromatic hydroxyl groups is 1. The first-order valence-electron chi connectivity index (χ1n) is 12.3. The van der Waals surface area contributed by atoms with Crippen molar-refractivity contribution in [3.63, 3.8) is 0 Å². The minimum Gasteiger partial charge on any atom is -0.507 e. The van der Waals surface area contributed by atoms with Gasteiger partial charge in [-0.1, -0.05) is 49.7 Å². The second-order valence-corrected chi connectivity index (χ2v) is 13.0. The van der Waals surface area contributed by atoms with E-state index in [-0.39, 0.29) is 18.4 Å². The van der Waals surface area contributed by atoms with Crippen molar-refractivity contribution in [3.8, 4) is 11.5 Å². The van der Waals surface area contributed by atoms with Crippen molar-refractivity contribution in [3.05, 3.63) is 91.0 Å². The normalized spacial score (nSPS) is 20.0. The molecule has 0 bridgehead atoms. The van der Waals surface area contributed by atoms with Crippen molar-refractivity contribution in [2.45, 2.75) is 59.5 Å². The molecule has 192 valence electrons. The van der Waals surface area contributed by atoms with E-state index >= 15 is 0 Å². The van der Waals surface area contributed by atoms with Gasteiger partial charge in [-0.2, -0.15) is 0 Å². The molecule has 0 aromatic heterocycles. The Labute approximate surface area is 227 Å². The van der Waals surface area contributed by atoms with Gasteiger partial charge in [-0.15, -0.1) is 0 Å². The molecule has 5 nitrogen and oxygen atoms in total. The fourth-order valence-corrected chi connectivity index (χ4v) is 6.85. The van der Waals surface area contributed by atoms with E-state index in [1.807, 2.05) is 43.3 Å². The summed E-state index contributed by atoms with van der Waals surface area (Å²) in [5, 5.41) is 10.4. The molecule has 1 N–H and O–H groups in total. The zero-order chi connectivity index (χ0) is 26.0. The van der Waals surface area contributed by atoms with Gasteiger partial charge in [-0.05, 0) is 107 Å². The minimum atomic E-state index is -3.38. The molecule has 4 rings (SSSR count). The summed E-state index contributed by atoms with van der Waals surface area (Å²) in [6.45, 7) is 10.7. The molecule has 1 heterocycles. The average Bonchev–Trinajstić information content (AvgIpc) is 2.82. The van der Waals surface area contributed by atoms with Gasteiger partial charge in [0.1, 0.15) is 11.5 Å². The van der Waals surface area contributed by atoms with Crippen LogP contribution in [0.5, 0.6) is 11.5 Å². The monoisotopic (exact) mass is 620 g/mol. The highest BCUT2D eigenvalue weighted by atomic mass is 127. The lowest BCUT2D eigenvalue weighted by Gasteiger charge is -2.30. The first kappa shape index (κ1) is 27.2. The zero-order valence-corrected chi connectivity index (χ0v) is 24.6. The van der Waals surface area contributed by atoms with Gasteiger partial charge in [-0.25, -0.2) is 0 Å². The van der Waals surface area contributed by atoms with Crippen LogP contribution in [-0.4, -0.2) is 18.1 Å². The Morgan fingerprint density at radius 1 is 1.11 bits per heavy atom. The molecule has 1 aliphatic rings. The van der Waals surface area contributed by atoms with Gasteiger partial charge in [0, 0.05) is 6.42 Å². The van der Waals surface area contributed by atoms with E-state index in [0.29, 0.717) is 24.5 Å². The van der Waals surface area contributed by atoms with Gasteiger partial charge in [0.25, 0.3) is 0 Å². The minimum absolute atomic E-state index is 0.124. The second-order valence-electron chi connectivity index (χ2n) is 9.90. The lowest BCUT2D eigenvalue weighted by molar-refractivity contribution is 0.0725. The summed E-state index contributed by atoms with van der Waals surface area (Å²) >= 11 is 2.19. The van der Waals surface area contributed by atoms with E-state index in [0.717, 1.165) is 43.4 Å². The zero-order valence-electron chi connectivity index (χ0n) is 21.5. The number of halogens is 1. The highest BCUT2D eigenvalue weighted by Crippen LogP contribution is 2.56. The van der Waals surface area contributed by atoms with Crippen LogP contribution in [0.3, 0.4) is 0 Å². The smallest absolute Gasteiger partial charge is 0.368 e. The van der Waals surface area contributed by atoms with Gasteiger partial charge in [0.15, 0.2) is 6.35 Å². The molecule has 3 aromatic carbocycles. The van der Waals surface area contributed by atoms with Crippen molar-refractivity contribution >= 4 is 30.2 Å². The van der Waals surface area contributed by atoms with Crippen LogP contribution in [0.1, 0.15) is 71.2 Å². The van der Waals surface area contributed by atoms with Crippen LogP contribution in [-0.2, 0) is 20.0 Å². The highest BCUT2D eigenvalue weighted by molar-refractivity contribution is 14.1. The summed E-state index contributed by atoms with van der Waals surface area (Å²) in [6.07, 6.45) is 1.04. The quantitative estimate of drug-likeness (QED) is 0.213. The molecule has 0 saturated carbocycles. The van der Waals surface area contributed by atoms with E-state index < -0.39 is 7.60 Å². The van der Waals surface area contributed by atoms with Crippen LogP contribution in [0, 0.1) is 24.3 Å². The molecule has 0 spiro atoms. The van der Waals surface area contributed by atoms with Gasteiger partial charge in [0.05, 0.1) is 16.3 Å².